The van der Waals surface area contributed by atoms with Gasteiger partial charge in [-0.3, -0.25) is 4.79 Å². The molecule has 0 atom stereocenters. The number of hydrogen-bond acceptors (Lipinski definition) is 4. The van der Waals surface area contributed by atoms with Crippen molar-refractivity contribution < 1.29 is 9.18 Å². The van der Waals surface area contributed by atoms with E-state index in [2.05, 4.69) is 15.6 Å². The van der Waals surface area contributed by atoms with Gasteiger partial charge in [-0.15, -0.1) is 11.3 Å². The van der Waals surface area contributed by atoms with Crippen molar-refractivity contribution in [2.75, 3.05) is 12.4 Å². The third-order valence-corrected chi connectivity index (χ3v) is 3.51. The van der Waals surface area contributed by atoms with Crippen LogP contribution < -0.4 is 10.6 Å². The molecule has 1 aromatic carbocycles. The van der Waals surface area contributed by atoms with E-state index in [0.29, 0.717) is 12.1 Å². The Balaban J connectivity index is 2.10. The summed E-state index contributed by atoms with van der Waals surface area (Å²) in [5.41, 5.74) is 0.504. The first kappa shape index (κ1) is 13.5. The quantitative estimate of drug-likeness (QED) is 0.904. The molecule has 6 heteroatoms. The summed E-state index contributed by atoms with van der Waals surface area (Å²) >= 11 is 1.52. The summed E-state index contributed by atoms with van der Waals surface area (Å²) in [6, 6.07) is 4.42. The molecule has 0 spiro atoms. The number of benzene rings is 1. The molecule has 0 unspecified atom stereocenters. The van der Waals surface area contributed by atoms with Crippen molar-refractivity contribution in [1.29, 1.82) is 0 Å². The fourth-order valence-corrected chi connectivity index (χ4v) is 2.45. The number of carbonyl (C=O) groups is 1. The highest BCUT2D eigenvalue weighted by Crippen LogP contribution is 2.19. The van der Waals surface area contributed by atoms with Gasteiger partial charge < -0.3 is 10.6 Å². The maximum absolute atomic E-state index is 13.5. The summed E-state index contributed by atoms with van der Waals surface area (Å²) in [6.07, 6.45) is 1.73. The number of para-hydroxylation sites is 1. The number of halogens is 1. The van der Waals surface area contributed by atoms with E-state index in [0.717, 1.165) is 9.88 Å². The number of carbonyl (C=O) groups excluding carboxylic acids is 1. The van der Waals surface area contributed by atoms with Gasteiger partial charge in [0.2, 0.25) is 0 Å². The lowest BCUT2D eigenvalue weighted by Crippen LogP contribution is -2.23. The predicted octanol–water partition coefficient (Wildman–Crippen LogP) is 2.56. The first-order valence-electron chi connectivity index (χ1n) is 5.77. The molecule has 0 radical (unpaired) electrons. The Kier molecular flexibility index (Phi) is 4.11. The van der Waals surface area contributed by atoms with Crippen molar-refractivity contribution in [2.24, 2.45) is 0 Å². The molecule has 0 aliphatic rings. The molecular formula is C13H14FN3OS. The third kappa shape index (κ3) is 3.08. The van der Waals surface area contributed by atoms with Crippen LogP contribution in [0.3, 0.4) is 0 Å². The number of hydrogen-bond donors (Lipinski definition) is 2. The molecule has 0 saturated carbocycles. The zero-order valence-electron chi connectivity index (χ0n) is 10.7. The van der Waals surface area contributed by atoms with Crippen LogP contribution in [0.5, 0.6) is 0 Å². The highest BCUT2D eigenvalue weighted by molar-refractivity contribution is 7.11. The van der Waals surface area contributed by atoms with Gasteiger partial charge in [-0.25, -0.2) is 9.37 Å². The molecule has 0 aliphatic heterocycles. The van der Waals surface area contributed by atoms with E-state index < -0.39 is 5.82 Å². The second-order valence-electron chi connectivity index (χ2n) is 3.94. The van der Waals surface area contributed by atoms with Crippen LogP contribution in [-0.4, -0.2) is 17.9 Å². The second-order valence-corrected chi connectivity index (χ2v) is 5.26. The van der Waals surface area contributed by atoms with Gasteiger partial charge in [0.25, 0.3) is 5.91 Å². The van der Waals surface area contributed by atoms with Gasteiger partial charge in [-0.2, -0.15) is 0 Å². The van der Waals surface area contributed by atoms with Crippen LogP contribution >= 0.6 is 11.3 Å². The monoisotopic (exact) mass is 279 g/mol. The molecule has 4 nitrogen and oxygen atoms in total. The molecule has 0 fully saturated rings. The average Bonchev–Trinajstić information content (AvgIpc) is 2.81. The molecule has 1 amide bonds. The van der Waals surface area contributed by atoms with Crippen LogP contribution in [0.25, 0.3) is 0 Å². The maximum atomic E-state index is 13.5. The minimum Gasteiger partial charge on any atom is -0.385 e. The van der Waals surface area contributed by atoms with Gasteiger partial charge >= 0.3 is 0 Å². The van der Waals surface area contributed by atoms with Crippen LogP contribution in [0.2, 0.25) is 0 Å². The van der Waals surface area contributed by atoms with E-state index >= 15 is 0 Å². The second kappa shape index (κ2) is 5.79. The molecule has 2 N–H and O–H groups in total. The summed E-state index contributed by atoms with van der Waals surface area (Å²) < 4.78 is 13.5. The molecule has 2 rings (SSSR count). The molecule has 0 saturated heterocycles. The normalized spacial score (nSPS) is 10.3. The van der Waals surface area contributed by atoms with Crippen LogP contribution in [-0.2, 0) is 6.54 Å². The molecule has 2 aromatic rings. The minimum absolute atomic E-state index is 0.209. The summed E-state index contributed by atoms with van der Waals surface area (Å²) in [4.78, 5) is 17.1. The Bertz CT molecular complexity index is 597. The topological polar surface area (TPSA) is 54.0 Å². The summed E-state index contributed by atoms with van der Waals surface area (Å²) in [7, 11) is 1.59. The van der Waals surface area contributed by atoms with Gasteiger partial charge in [0.1, 0.15) is 5.82 Å². The summed E-state index contributed by atoms with van der Waals surface area (Å²) in [5.74, 6) is -0.751. The van der Waals surface area contributed by atoms with Crippen LogP contribution in [0.4, 0.5) is 10.1 Å². The van der Waals surface area contributed by atoms with Crippen LogP contribution in [0.15, 0.2) is 24.4 Å². The Labute approximate surface area is 114 Å². The van der Waals surface area contributed by atoms with E-state index in [1.807, 2.05) is 6.92 Å². The molecule has 0 aliphatic carbocycles. The molecule has 19 heavy (non-hydrogen) atoms. The van der Waals surface area contributed by atoms with Crippen LogP contribution in [0, 0.1) is 12.7 Å². The average molecular weight is 279 g/mol. The lowest BCUT2D eigenvalue weighted by Gasteiger charge is -2.09. The maximum Gasteiger partial charge on any atom is 0.253 e. The lowest BCUT2D eigenvalue weighted by molar-refractivity contribution is 0.0951. The number of aromatic nitrogens is 1. The molecular weight excluding hydrogens is 265 g/mol. The minimum atomic E-state index is -0.441. The van der Waals surface area contributed by atoms with E-state index in [4.69, 9.17) is 0 Å². The molecule has 1 aromatic heterocycles. The van der Waals surface area contributed by atoms with Crippen molar-refractivity contribution in [2.45, 2.75) is 13.5 Å². The number of thiazole rings is 1. The number of amides is 1. The summed E-state index contributed by atoms with van der Waals surface area (Å²) in [5, 5.41) is 6.41. The Morgan fingerprint density at radius 3 is 2.89 bits per heavy atom. The number of aryl methyl sites for hydroxylation is 1. The number of rotatable bonds is 4. The number of nitrogens with zero attached hydrogens (tertiary/aromatic N) is 1. The highest BCUT2D eigenvalue weighted by atomic mass is 32.1. The van der Waals surface area contributed by atoms with Gasteiger partial charge in [0.15, 0.2) is 0 Å². The van der Waals surface area contributed by atoms with Gasteiger partial charge in [-0.1, -0.05) is 6.07 Å². The smallest absolute Gasteiger partial charge is 0.253 e. The summed E-state index contributed by atoms with van der Waals surface area (Å²) in [6.45, 7) is 2.30. The zero-order valence-corrected chi connectivity index (χ0v) is 11.5. The van der Waals surface area contributed by atoms with E-state index in [1.54, 1.807) is 19.3 Å². The molecule has 1 heterocycles. The van der Waals surface area contributed by atoms with Crippen molar-refractivity contribution >= 4 is 22.9 Å². The zero-order chi connectivity index (χ0) is 13.8. The Morgan fingerprint density at radius 2 is 2.26 bits per heavy atom. The van der Waals surface area contributed by atoms with Gasteiger partial charge in [0.05, 0.1) is 22.8 Å². The van der Waals surface area contributed by atoms with E-state index in [9.17, 15) is 9.18 Å². The fourth-order valence-electron chi connectivity index (χ4n) is 1.72. The Hall–Kier alpha value is -1.95. The van der Waals surface area contributed by atoms with Gasteiger partial charge in [-0.05, 0) is 19.1 Å². The first-order chi connectivity index (χ1) is 9.11. The van der Waals surface area contributed by atoms with Gasteiger partial charge in [0, 0.05) is 18.1 Å². The fraction of sp³-hybridized carbons (Fsp3) is 0.231. The standard InChI is InChI=1S/C13H14FN3OS/c1-8-16-6-9(19-8)7-17-13(18)10-4-3-5-11(14)12(10)15-2/h3-6,15H,7H2,1-2H3,(H,17,18). The third-order valence-electron chi connectivity index (χ3n) is 2.60. The largest absolute Gasteiger partial charge is 0.385 e. The van der Waals surface area contributed by atoms with E-state index in [1.165, 1.54) is 23.5 Å². The van der Waals surface area contributed by atoms with Crippen molar-refractivity contribution in [1.82, 2.24) is 10.3 Å². The first-order valence-corrected chi connectivity index (χ1v) is 6.59. The number of nitrogens with one attached hydrogen (secondary N) is 2. The molecule has 0 bridgehead atoms. The molecule has 100 valence electrons. The van der Waals surface area contributed by atoms with Crippen molar-refractivity contribution in [3.8, 4) is 0 Å². The van der Waals surface area contributed by atoms with Crippen molar-refractivity contribution in [3.63, 3.8) is 0 Å². The predicted molar refractivity (Wildman–Crippen MR) is 74.0 cm³/mol. The highest BCUT2D eigenvalue weighted by Gasteiger charge is 2.13. The number of anilines is 1. The van der Waals surface area contributed by atoms with Crippen molar-refractivity contribution in [3.05, 3.63) is 45.7 Å². The Morgan fingerprint density at radius 1 is 1.47 bits per heavy atom. The van der Waals surface area contributed by atoms with E-state index in [-0.39, 0.29) is 11.6 Å². The lowest BCUT2D eigenvalue weighted by atomic mass is 10.1. The SMILES string of the molecule is CNc1c(F)cccc1C(=O)NCc1cnc(C)s1. The van der Waals surface area contributed by atoms with Crippen LogP contribution in [0.1, 0.15) is 20.2 Å².